The monoisotopic (exact) mass is 260 g/mol. The van der Waals surface area contributed by atoms with Crippen LogP contribution < -0.4 is 11.1 Å². The molecule has 0 unspecified atom stereocenters. The molecule has 98 valence electrons. The Morgan fingerprint density at radius 2 is 2.11 bits per heavy atom. The normalized spacial score (nSPS) is 16.6. The maximum Gasteiger partial charge on any atom is 0.416 e. The van der Waals surface area contributed by atoms with E-state index in [4.69, 9.17) is 0 Å². The Balaban J connectivity index is 1.84. The van der Waals surface area contributed by atoms with E-state index in [0.717, 1.165) is 25.5 Å². The molecule has 0 aromatic carbocycles. The molecule has 1 aliphatic carbocycles. The van der Waals surface area contributed by atoms with Crippen molar-refractivity contribution in [3.05, 3.63) is 46.8 Å². The average Bonchev–Trinajstić information content (AvgIpc) is 2.81. The summed E-state index contributed by atoms with van der Waals surface area (Å²) in [4.78, 5) is 33.7. The van der Waals surface area contributed by atoms with Gasteiger partial charge in [-0.15, -0.1) is 0 Å². The van der Waals surface area contributed by atoms with Crippen molar-refractivity contribution in [3.63, 3.8) is 0 Å². The number of hydrogen-bond acceptors (Lipinski definition) is 5. The number of nitrogens with one attached hydrogen (secondary N) is 2. The number of carbonyl (C=O) groups is 1. The molecule has 3 rings (SSSR count). The molecule has 2 aromatic rings. The third-order valence-corrected chi connectivity index (χ3v) is 3.32. The summed E-state index contributed by atoms with van der Waals surface area (Å²) in [5.74, 6) is -0.442. The van der Waals surface area contributed by atoms with Crippen LogP contribution >= 0.6 is 0 Å². The van der Waals surface area contributed by atoms with Gasteiger partial charge in [-0.1, -0.05) is 0 Å². The highest BCUT2D eigenvalue weighted by molar-refractivity contribution is 5.92. The van der Waals surface area contributed by atoms with Crippen LogP contribution in [0.15, 0.2) is 33.9 Å². The minimum atomic E-state index is -0.649. The second-order valence-electron chi connectivity index (χ2n) is 4.52. The summed E-state index contributed by atoms with van der Waals surface area (Å²) in [5.41, 5.74) is -0.431. The van der Waals surface area contributed by atoms with Gasteiger partial charge in [0.25, 0.3) is 5.91 Å². The predicted octanol–water partition coefficient (Wildman–Crippen LogP) is 0.567. The van der Waals surface area contributed by atoms with Gasteiger partial charge >= 0.3 is 5.76 Å². The van der Waals surface area contributed by atoms with E-state index in [0.29, 0.717) is 5.82 Å². The van der Waals surface area contributed by atoms with Gasteiger partial charge in [0.1, 0.15) is 17.5 Å². The molecule has 0 aliphatic heterocycles. The Hall–Kier alpha value is -2.44. The largest absolute Gasteiger partial charge is 0.416 e. The van der Waals surface area contributed by atoms with Gasteiger partial charge in [-0.05, 0) is 25.3 Å². The summed E-state index contributed by atoms with van der Waals surface area (Å²) in [6.07, 6.45) is 6.97. The zero-order chi connectivity index (χ0) is 13.3. The molecule has 7 heteroatoms. The third-order valence-electron chi connectivity index (χ3n) is 3.32. The maximum atomic E-state index is 12.0. The SMILES string of the molecule is O=C(NC1(c2ncccn2)CCC1)c1coc(=O)[nH]1. The average molecular weight is 260 g/mol. The van der Waals surface area contributed by atoms with E-state index < -0.39 is 17.2 Å². The smallest absolute Gasteiger partial charge is 0.416 e. The van der Waals surface area contributed by atoms with Crippen molar-refractivity contribution in [1.29, 1.82) is 0 Å². The zero-order valence-corrected chi connectivity index (χ0v) is 10.0. The molecule has 2 N–H and O–H groups in total. The van der Waals surface area contributed by atoms with E-state index in [2.05, 4.69) is 24.7 Å². The fourth-order valence-electron chi connectivity index (χ4n) is 2.16. The molecule has 1 amide bonds. The molecule has 0 saturated heterocycles. The van der Waals surface area contributed by atoms with E-state index in [1.807, 2.05) is 0 Å². The van der Waals surface area contributed by atoms with E-state index in [1.165, 1.54) is 0 Å². The third kappa shape index (κ3) is 2.03. The van der Waals surface area contributed by atoms with Crippen molar-refractivity contribution >= 4 is 5.91 Å². The summed E-state index contributed by atoms with van der Waals surface area (Å²) in [6, 6.07) is 1.73. The molecular formula is C12H12N4O3. The Bertz CT molecular complexity index is 642. The van der Waals surface area contributed by atoms with Gasteiger partial charge in [-0.3, -0.25) is 9.78 Å². The van der Waals surface area contributed by atoms with E-state index in [1.54, 1.807) is 18.5 Å². The van der Waals surface area contributed by atoms with Crippen LogP contribution in [0.3, 0.4) is 0 Å². The highest BCUT2D eigenvalue weighted by Crippen LogP contribution is 2.39. The van der Waals surface area contributed by atoms with E-state index in [9.17, 15) is 9.59 Å². The second kappa shape index (κ2) is 4.34. The number of H-pyrrole nitrogens is 1. The summed E-state index contributed by atoms with van der Waals surface area (Å²) < 4.78 is 4.55. The van der Waals surface area contributed by atoms with Gasteiger partial charge in [0.05, 0.1) is 0 Å². The number of carbonyl (C=O) groups excluding carboxylic acids is 1. The fourth-order valence-corrected chi connectivity index (χ4v) is 2.16. The summed E-state index contributed by atoms with van der Waals surface area (Å²) >= 11 is 0. The molecule has 0 spiro atoms. The molecule has 7 nitrogen and oxygen atoms in total. The molecule has 1 aliphatic rings. The lowest BCUT2D eigenvalue weighted by Gasteiger charge is -2.40. The van der Waals surface area contributed by atoms with E-state index >= 15 is 0 Å². The van der Waals surface area contributed by atoms with Gasteiger partial charge in [0.2, 0.25) is 0 Å². The molecule has 2 aromatic heterocycles. The topological polar surface area (TPSA) is 101 Å². The summed E-state index contributed by atoms with van der Waals surface area (Å²) in [6.45, 7) is 0. The standard InChI is InChI=1S/C12H12N4O3/c17-9(8-7-19-11(18)15-8)16-12(3-1-4-12)10-13-5-2-6-14-10/h2,5-7H,1,3-4H2,(H,15,18)(H,16,17). The quantitative estimate of drug-likeness (QED) is 0.840. The fraction of sp³-hybridized carbons (Fsp3) is 0.333. The van der Waals surface area contributed by atoms with Gasteiger partial charge < -0.3 is 9.73 Å². The highest BCUT2D eigenvalue weighted by Gasteiger charge is 2.43. The molecular weight excluding hydrogens is 248 g/mol. The number of aromatic nitrogens is 3. The first kappa shape index (κ1) is 11.6. The minimum absolute atomic E-state index is 0.104. The molecule has 0 atom stereocenters. The molecule has 1 saturated carbocycles. The number of amides is 1. The van der Waals surface area contributed by atoms with Crippen molar-refractivity contribution in [2.24, 2.45) is 0 Å². The van der Waals surface area contributed by atoms with Crippen LogP contribution in [-0.2, 0) is 5.54 Å². The van der Waals surface area contributed by atoms with Gasteiger partial charge in [-0.25, -0.2) is 14.8 Å². The van der Waals surface area contributed by atoms with E-state index in [-0.39, 0.29) is 5.69 Å². The number of oxazole rings is 1. The molecule has 1 fully saturated rings. The first-order valence-electron chi connectivity index (χ1n) is 5.97. The van der Waals surface area contributed by atoms with Crippen molar-refractivity contribution in [2.45, 2.75) is 24.8 Å². The lowest BCUT2D eigenvalue weighted by molar-refractivity contribution is 0.0803. The number of hydrogen-bond donors (Lipinski definition) is 2. The van der Waals surface area contributed by atoms with Crippen LogP contribution in [0.25, 0.3) is 0 Å². The van der Waals surface area contributed by atoms with Crippen molar-refractivity contribution in [2.75, 3.05) is 0 Å². The lowest BCUT2D eigenvalue weighted by Crippen LogP contribution is -2.52. The Morgan fingerprint density at radius 1 is 1.37 bits per heavy atom. The zero-order valence-electron chi connectivity index (χ0n) is 10.0. The Morgan fingerprint density at radius 3 is 2.63 bits per heavy atom. The van der Waals surface area contributed by atoms with Crippen LogP contribution in [0.2, 0.25) is 0 Å². The lowest BCUT2D eigenvalue weighted by atomic mass is 9.76. The summed E-state index contributed by atoms with van der Waals surface area (Å²) in [5, 5.41) is 2.88. The number of aromatic amines is 1. The van der Waals surface area contributed by atoms with Crippen LogP contribution in [0.4, 0.5) is 0 Å². The number of rotatable bonds is 3. The van der Waals surface area contributed by atoms with Gasteiger partial charge in [0, 0.05) is 12.4 Å². The summed E-state index contributed by atoms with van der Waals surface area (Å²) in [7, 11) is 0. The van der Waals surface area contributed by atoms with Crippen LogP contribution in [0, 0.1) is 0 Å². The molecule has 19 heavy (non-hydrogen) atoms. The first-order chi connectivity index (χ1) is 9.20. The first-order valence-corrected chi connectivity index (χ1v) is 5.97. The predicted molar refractivity (Wildman–Crippen MR) is 64.4 cm³/mol. The Labute approximate surface area is 108 Å². The van der Waals surface area contributed by atoms with Gasteiger partial charge in [-0.2, -0.15) is 0 Å². The second-order valence-corrected chi connectivity index (χ2v) is 4.52. The van der Waals surface area contributed by atoms with Crippen molar-refractivity contribution < 1.29 is 9.21 Å². The highest BCUT2D eigenvalue weighted by atomic mass is 16.4. The van der Waals surface area contributed by atoms with Crippen molar-refractivity contribution in [1.82, 2.24) is 20.3 Å². The van der Waals surface area contributed by atoms with Crippen LogP contribution in [-0.4, -0.2) is 20.9 Å². The maximum absolute atomic E-state index is 12.0. The van der Waals surface area contributed by atoms with Gasteiger partial charge in [0.15, 0.2) is 5.82 Å². The minimum Gasteiger partial charge on any atom is -0.416 e. The van der Waals surface area contributed by atoms with Crippen LogP contribution in [0.1, 0.15) is 35.6 Å². The molecule has 0 radical (unpaired) electrons. The van der Waals surface area contributed by atoms with Crippen LogP contribution in [0.5, 0.6) is 0 Å². The number of nitrogens with zero attached hydrogens (tertiary/aromatic N) is 2. The molecule has 0 bridgehead atoms. The Kier molecular flexibility index (Phi) is 2.66. The van der Waals surface area contributed by atoms with Crippen molar-refractivity contribution in [3.8, 4) is 0 Å². The molecule has 2 heterocycles.